The van der Waals surface area contributed by atoms with Crippen LogP contribution in [0.1, 0.15) is 51.9 Å². The molecule has 0 aromatic rings. The summed E-state index contributed by atoms with van der Waals surface area (Å²) in [5, 5.41) is 12.4. The highest BCUT2D eigenvalue weighted by atomic mass is 16.3. The Morgan fingerprint density at radius 2 is 2.06 bits per heavy atom. The van der Waals surface area contributed by atoms with Gasteiger partial charge in [-0.15, -0.1) is 0 Å². The van der Waals surface area contributed by atoms with Crippen LogP contribution in [0.25, 0.3) is 0 Å². The molecule has 0 unspecified atom stereocenters. The highest BCUT2D eigenvalue weighted by molar-refractivity contribution is 4.93. The van der Waals surface area contributed by atoms with E-state index in [1.54, 1.807) is 0 Å². The van der Waals surface area contributed by atoms with E-state index in [4.69, 9.17) is 10.8 Å². The van der Waals surface area contributed by atoms with E-state index in [0.717, 1.165) is 25.4 Å². The molecule has 0 saturated heterocycles. The lowest BCUT2D eigenvalue weighted by Crippen LogP contribution is -2.53. The maximum atomic E-state index is 8.79. The highest BCUT2D eigenvalue weighted by Crippen LogP contribution is 2.33. The third kappa shape index (κ3) is 4.04. The molecule has 0 bridgehead atoms. The van der Waals surface area contributed by atoms with Gasteiger partial charge < -0.3 is 16.2 Å². The lowest BCUT2D eigenvalue weighted by atomic mass is 9.75. The molecule has 4 N–H and O–H groups in total. The molecule has 0 spiro atoms. The van der Waals surface area contributed by atoms with Crippen molar-refractivity contribution < 1.29 is 5.11 Å². The second-order valence-electron chi connectivity index (χ2n) is 5.22. The molecule has 1 fully saturated rings. The average Bonchev–Trinajstić information content (AvgIpc) is 2.32. The Morgan fingerprint density at radius 1 is 1.38 bits per heavy atom. The molecule has 0 amide bonds. The summed E-state index contributed by atoms with van der Waals surface area (Å²) >= 11 is 0. The van der Waals surface area contributed by atoms with Gasteiger partial charge in [0.2, 0.25) is 0 Å². The van der Waals surface area contributed by atoms with Gasteiger partial charge in [-0.05, 0) is 44.6 Å². The summed E-state index contributed by atoms with van der Waals surface area (Å²) in [6, 6.07) is 0. The number of hydrogen-bond acceptors (Lipinski definition) is 3. The van der Waals surface area contributed by atoms with Crippen molar-refractivity contribution >= 4 is 0 Å². The minimum Gasteiger partial charge on any atom is -0.396 e. The van der Waals surface area contributed by atoms with Crippen LogP contribution < -0.4 is 11.1 Å². The van der Waals surface area contributed by atoms with E-state index < -0.39 is 0 Å². The molecule has 0 aromatic carbocycles. The van der Waals surface area contributed by atoms with Crippen LogP contribution in [0, 0.1) is 5.92 Å². The van der Waals surface area contributed by atoms with Gasteiger partial charge in [0.1, 0.15) is 0 Å². The monoisotopic (exact) mass is 228 g/mol. The summed E-state index contributed by atoms with van der Waals surface area (Å²) in [5.41, 5.74) is 6.08. The van der Waals surface area contributed by atoms with E-state index in [9.17, 15) is 0 Å². The van der Waals surface area contributed by atoms with Gasteiger partial charge in [0.05, 0.1) is 0 Å². The molecule has 3 nitrogen and oxygen atoms in total. The van der Waals surface area contributed by atoms with Crippen LogP contribution in [0.4, 0.5) is 0 Å². The lowest BCUT2D eigenvalue weighted by molar-refractivity contribution is 0.182. The lowest BCUT2D eigenvalue weighted by Gasteiger charge is -2.40. The first-order chi connectivity index (χ1) is 7.76. The number of nitrogens with one attached hydrogen (secondary N) is 1. The Balaban J connectivity index is 2.32. The van der Waals surface area contributed by atoms with Crippen molar-refractivity contribution in [1.82, 2.24) is 5.32 Å². The van der Waals surface area contributed by atoms with Crippen LogP contribution in [-0.2, 0) is 0 Å². The van der Waals surface area contributed by atoms with Gasteiger partial charge in [-0.25, -0.2) is 0 Å². The maximum absolute atomic E-state index is 8.79. The minimum absolute atomic E-state index is 0.166. The van der Waals surface area contributed by atoms with Crippen LogP contribution in [0.2, 0.25) is 0 Å². The molecular formula is C13H28N2O. The van der Waals surface area contributed by atoms with Gasteiger partial charge in [0.25, 0.3) is 0 Å². The fourth-order valence-electron chi connectivity index (χ4n) is 2.81. The SMILES string of the molecule is CCCC1CCC(CN)(NCCCO)CC1. The Labute approximate surface area is 99.8 Å². The Kier molecular flexibility index (Phi) is 6.32. The largest absolute Gasteiger partial charge is 0.396 e. The van der Waals surface area contributed by atoms with Crippen molar-refractivity contribution in [3.05, 3.63) is 0 Å². The second kappa shape index (κ2) is 7.25. The molecule has 1 saturated carbocycles. The maximum Gasteiger partial charge on any atom is 0.0443 e. The Morgan fingerprint density at radius 3 is 2.56 bits per heavy atom. The molecular weight excluding hydrogens is 200 g/mol. The van der Waals surface area contributed by atoms with Gasteiger partial charge in [-0.1, -0.05) is 19.8 Å². The Hall–Kier alpha value is -0.120. The van der Waals surface area contributed by atoms with Crippen molar-refractivity contribution in [3.8, 4) is 0 Å². The zero-order chi connectivity index (χ0) is 11.9. The summed E-state index contributed by atoms with van der Waals surface area (Å²) in [7, 11) is 0. The van der Waals surface area contributed by atoms with E-state index >= 15 is 0 Å². The third-order valence-corrected chi connectivity index (χ3v) is 3.98. The number of rotatable bonds is 7. The van der Waals surface area contributed by atoms with Crippen LogP contribution in [-0.4, -0.2) is 30.3 Å². The van der Waals surface area contributed by atoms with E-state index in [0.29, 0.717) is 0 Å². The number of aliphatic hydroxyl groups excluding tert-OH is 1. The van der Waals surface area contributed by atoms with Crippen LogP contribution in [0.15, 0.2) is 0 Å². The van der Waals surface area contributed by atoms with Crippen molar-refractivity contribution in [2.45, 2.75) is 57.4 Å². The molecule has 0 atom stereocenters. The molecule has 1 aliphatic rings. The summed E-state index contributed by atoms with van der Waals surface area (Å²) < 4.78 is 0. The van der Waals surface area contributed by atoms with E-state index in [-0.39, 0.29) is 12.1 Å². The van der Waals surface area contributed by atoms with Gasteiger partial charge >= 0.3 is 0 Å². The standard InChI is InChI=1S/C13H28N2O/c1-2-4-12-5-7-13(11-14,8-6-12)15-9-3-10-16/h12,15-16H,2-11,14H2,1H3. The van der Waals surface area contributed by atoms with Crippen LogP contribution >= 0.6 is 0 Å². The molecule has 0 aromatic heterocycles. The molecule has 0 aliphatic heterocycles. The normalized spacial score (nSPS) is 30.6. The van der Waals surface area contributed by atoms with E-state index in [1.807, 2.05) is 0 Å². The zero-order valence-corrected chi connectivity index (χ0v) is 10.7. The van der Waals surface area contributed by atoms with Gasteiger partial charge in [-0.3, -0.25) is 0 Å². The topological polar surface area (TPSA) is 58.3 Å². The predicted octanol–water partition coefficient (Wildman–Crippen LogP) is 1.65. The minimum atomic E-state index is 0.166. The van der Waals surface area contributed by atoms with Crippen LogP contribution in [0.3, 0.4) is 0 Å². The van der Waals surface area contributed by atoms with Crippen molar-refractivity contribution in [2.24, 2.45) is 11.7 Å². The molecule has 1 rings (SSSR count). The summed E-state index contributed by atoms with van der Waals surface area (Å²) in [4.78, 5) is 0. The molecule has 0 radical (unpaired) electrons. The average molecular weight is 228 g/mol. The highest BCUT2D eigenvalue weighted by Gasteiger charge is 2.32. The predicted molar refractivity (Wildman–Crippen MR) is 68.4 cm³/mol. The number of nitrogens with two attached hydrogens (primary N) is 1. The summed E-state index contributed by atoms with van der Waals surface area (Å²) in [6.07, 6.45) is 8.56. The molecule has 1 aliphatic carbocycles. The molecule has 16 heavy (non-hydrogen) atoms. The number of hydrogen-bond donors (Lipinski definition) is 3. The first-order valence-electron chi connectivity index (χ1n) is 6.82. The smallest absolute Gasteiger partial charge is 0.0443 e. The van der Waals surface area contributed by atoms with Crippen molar-refractivity contribution in [1.29, 1.82) is 0 Å². The fraction of sp³-hybridized carbons (Fsp3) is 1.00. The molecule has 3 heteroatoms. The van der Waals surface area contributed by atoms with Gasteiger partial charge in [0.15, 0.2) is 0 Å². The van der Waals surface area contributed by atoms with Gasteiger partial charge in [-0.2, -0.15) is 0 Å². The summed E-state index contributed by atoms with van der Waals surface area (Å²) in [5.74, 6) is 0.921. The molecule has 0 heterocycles. The first kappa shape index (κ1) is 13.9. The van der Waals surface area contributed by atoms with E-state index in [2.05, 4.69) is 12.2 Å². The zero-order valence-electron chi connectivity index (χ0n) is 10.7. The van der Waals surface area contributed by atoms with Crippen LogP contribution in [0.5, 0.6) is 0 Å². The Bertz CT molecular complexity index is 177. The third-order valence-electron chi connectivity index (χ3n) is 3.98. The quantitative estimate of drug-likeness (QED) is 0.581. The fourth-order valence-corrected chi connectivity index (χ4v) is 2.81. The van der Waals surface area contributed by atoms with Crippen molar-refractivity contribution in [2.75, 3.05) is 19.7 Å². The second-order valence-corrected chi connectivity index (χ2v) is 5.22. The first-order valence-corrected chi connectivity index (χ1v) is 6.82. The number of aliphatic hydroxyl groups is 1. The molecule has 96 valence electrons. The van der Waals surface area contributed by atoms with Crippen molar-refractivity contribution in [3.63, 3.8) is 0 Å². The summed E-state index contributed by atoms with van der Waals surface area (Å²) in [6.45, 7) is 4.17. The van der Waals surface area contributed by atoms with Gasteiger partial charge in [0, 0.05) is 18.7 Å². The van der Waals surface area contributed by atoms with E-state index in [1.165, 1.54) is 38.5 Å².